The lowest BCUT2D eigenvalue weighted by Crippen LogP contribution is -2.41. The zero-order chi connectivity index (χ0) is 20.2. The molecule has 29 heavy (non-hydrogen) atoms. The van der Waals surface area contributed by atoms with Crippen LogP contribution in [-0.4, -0.2) is 32.0 Å². The summed E-state index contributed by atoms with van der Waals surface area (Å²) in [4.78, 5) is 47.0. The van der Waals surface area contributed by atoms with Gasteiger partial charge in [-0.25, -0.2) is 4.79 Å². The maximum atomic E-state index is 12.7. The molecule has 0 aliphatic rings. The quantitative estimate of drug-likeness (QED) is 0.463. The van der Waals surface area contributed by atoms with Crippen LogP contribution in [-0.2, 0) is 13.0 Å². The Labute approximate surface area is 165 Å². The number of aromatic amines is 2. The second-order valence-electron chi connectivity index (χ2n) is 6.59. The molecule has 4 aromatic rings. The lowest BCUT2D eigenvalue weighted by molar-refractivity contribution is 0.0951. The SMILES string of the molecule is O=C(NCCc1c[nH]c2ccccc12)c1c[nH]c(=O)n(Cc2ccccn2)c1=O. The van der Waals surface area contributed by atoms with Crippen LogP contribution < -0.4 is 16.6 Å². The van der Waals surface area contributed by atoms with Crippen LogP contribution in [0.3, 0.4) is 0 Å². The van der Waals surface area contributed by atoms with E-state index >= 15 is 0 Å². The number of fused-ring (bicyclic) bond motifs is 1. The molecular formula is C21H19N5O3. The predicted octanol–water partition coefficient (Wildman–Crippen LogP) is 1.43. The summed E-state index contributed by atoms with van der Waals surface area (Å²) >= 11 is 0. The van der Waals surface area contributed by atoms with E-state index in [2.05, 4.69) is 20.3 Å². The van der Waals surface area contributed by atoms with Crippen LogP contribution in [0.25, 0.3) is 10.9 Å². The Balaban J connectivity index is 1.48. The Morgan fingerprint density at radius 1 is 1.03 bits per heavy atom. The molecule has 0 spiro atoms. The van der Waals surface area contributed by atoms with Crippen molar-refractivity contribution < 1.29 is 4.79 Å². The molecule has 0 fully saturated rings. The first kappa shape index (κ1) is 18.4. The first-order valence-corrected chi connectivity index (χ1v) is 9.19. The Morgan fingerprint density at radius 3 is 2.69 bits per heavy atom. The number of para-hydroxylation sites is 1. The van der Waals surface area contributed by atoms with Gasteiger partial charge in [-0.2, -0.15) is 0 Å². The van der Waals surface area contributed by atoms with Crippen LogP contribution in [0.5, 0.6) is 0 Å². The number of hydrogen-bond donors (Lipinski definition) is 3. The van der Waals surface area contributed by atoms with E-state index in [1.165, 1.54) is 0 Å². The van der Waals surface area contributed by atoms with Crippen LogP contribution in [0.1, 0.15) is 21.6 Å². The summed E-state index contributed by atoms with van der Waals surface area (Å²) in [6.45, 7) is 0.352. The van der Waals surface area contributed by atoms with E-state index < -0.39 is 17.2 Å². The molecule has 3 heterocycles. The second-order valence-corrected chi connectivity index (χ2v) is 6.59. The highest BCUT2D eigenvalue weighted by Crippen LogP contribution is 2.17. The van der Waals surface area contributed by atoms with E-state index in [0.29, 0.717) is 18.7 Å². The number of carbonyl (C=O) groups excluding carboxylic acids is 1. The molecule has 146 valence electrons. The van der Waals surface area contributed by atoms with Crippen molar-refractivity contribution in [2.45, 2.75) is 13.0 Å². The van der Waals surface area contributed by atoms with Crippen LogP contribution in [0.2, 0.25) is 0 Å². The maximum absolute atomic E-state index is 12.7. The fourth-order valence-corrected chi connectivity index (χ4v) is 3.22. The summed E-state index contributed by atoms with van der Waals surface area (Å²) < 4.78 is 0.969. The number of carbonyl (C=O) groups is 1. The van der Waals surface area contributed by atoms with Gasteiger partial charge in [-0.15, -0.1) is 0 Å². The highest BCUT2D eigenvalue weighted by molar-refractivity contribution is 5.93. The number of hydrogen-bond acceptors (Lipinski definition) is 4. The smallest absolute Gasteiger partial charge is 0.328 e. The number of rotatable bonds is 6. The van der Waals surface area contributed by atoms with Crippen molar-refractivity contribution in [3.8, 4) is 0 Å². The maximum Gasteiger partial charge on any atom is 0.328 e. The number of nitrogens with zero attached hydrogens (tertiary/aromatic N) is 2. The summed E-state index contributed by atoms with van der Waals surface area (Å²) in [5.74, 6) is -0.527. The molecule has 0 aliphatic carbocycles. The molecule has 4 rings (SSSR count). The highest BCUT2D eigenvalue weighted by Gasteiger charge is 2.15. The topological polar surface area (TPSA) is 113 Å². The molecular weight excluding hydrogens is 370 g/mol. The van der Waals surface area contributed by atoms with Crippen molar-refractivity contribution in [3.63, 3.8) is 0 Å². The van der Waals surface area contributed by atoms with E-state index in [9.17, 15) is 14.4 Å². The van der Waals surface area contributed by atoms with Crippen LogP contribution >= 0.6 is 0 Å². The molecule has 0 unspecified atom stereocenters. The minimum atomic E-state index is -0.649. The highest BCUT2D eigenvalue weighted by atomic mass is 16.2. The van der Waals surface area contributed by atoms with E-state index in [1.807, 2.05) is 30.5 Å². The molecule has 0 saturated carbocycles. The number of amides is 1. The van der Waals surface area contributed by atoms with Crippen molar-refractivity contribution >= 4 is 16.8 Å². The van der Waals surface area contributed by atoms with Crippen LogP contribution in [0.4, 0.5) is 0 Å². The molecule has 0 atom stereocenters. The third-order valence-corrected chi connectivity index (χ3v) is 4.71. The van der Waals surface area contributed by atoms with Gasteiger partial charge in [0.1, 0.15) is 5.56 Å². The van der Waals surface area contributed by atoms with Crippen molar-refractivity contribution in [3.05, 3.63) is 98.7 Å². The zero-order valence-corrected chi connectivity index (χ0v) is 15.5. The Kier molecular flexibility index (Phi) is 5.07. The summed E-state index contributed by atoms with van der Waals surface area (Å²) in [5, 5.41) is 3.85. The molecule has 0 aliphatic heterocycles. The summed E-state index contributed by atoms with van der Waals surface area (Å²) in [7, 11) is 0. The van der Waals surface area contributed by atoms with E-state index in [0.717, 1.165) is 27.2 Å². The standard InChI is InChI=1S/C21H19N5O3/c27-19(23-10-8-14-11-24-18-7-2-1-6-16(14)18)17-12-25-21(29)26(20(17)28)13-15-5-3-4-9-22-15/h1-7,9,11-12,24H,8,10,13H2,(H,23,27)(H,25,29). The average Bonchev–Trinajstić information content (AvgIpc) is 3.15. The summed E-state index contributed by atoms with van der Waals surface area (Å²) in [6, 6.07) is 13.1. The molecule has 3 N–H and O–H groups in total. The molecule has 0 saturated heterocycles. The normalized spacial score (nSPS) is 10.9. The Hall–Kier alpha value is -3.94. The minimum absolute atomic E-state index is 0.00847. The van der Waals surface area contributed by atoms with E-state index in [4.69, 9.17) is 0 Å². The lowest BCUT2D eigenvalue weighted by atomic mass is 10.1. The molecule has 1 aromatic carbocycles. The number of H-pyrrole nitrogens is 2. The molecule has 0 bridgehead atoms. The average molecular weight is 389 g/mol. The number of aromatic nitrogens is 4. The van der Waals surface area contributed by atoms with Crippen molar-refractivity contribution in [2.24, 2.45) is 0 Å². The van der Waals surface area contributed by atoms with Crippen molar-refractivity contribution in [2.75, 3.05) is 6.54 Å². The van der Waals surface area contributed by atoms with Crippen LogP contribution in [0, 0.1) is 0 Å². The largest absolute Gasteiger partial charge is 0.361 e. The van der Waals surface area contributed by atoms with Gasteiger partial charge in [0.25, 0.3) is 11.5 Å². The molecule has 0 radical (unpaired) electrons. The lowest BCUT2D eigenvalue weighted by Gasteiger charge is -2.08. The van der Waals surface area contributed by atoms with Crippen molar-refractivity contribution in [1.29, 1.82) is 0 Å². The van der Waals surface area contributed by atoms with Gasteiger partial charge in [0.15, 0.2) is 0 Å². The first-order chi connectivity index (χ1) is 14.1. The van der Waals surface area contributed by atoms with Gasteiger partial charge in [0.2, 0.25) is 0 Å². The number of pyridine rings is 1. The second kappa shape index (κ2) is 7.97. The summed E-state index contributed by atoms with van der Waals surface area (Å²) in [5.41, 5.74) is 1.32. The Bertz CT molecular complexity index is 1270. The minimum Gasteiger partial charge on any atom is -0.361 e. The van der Waals surface area contributed by atoms with E-state index in [1.54, 1.807) is 24.4 Å². The van der Waals surface area contributed by atoms with Gasteiger partial charge in [0.05, 0.1) is 12.2 Å². The van der Waals surface area contributed by atoms with Crippen LogP contribution in [0.15, 0.2) is 70.6 Å². The fraction of sp³-hybridized carbons (Fsp3) is 0.143. The molecule has 8 heteroatoms. The van der Waals surface area contributed by atoms with Gasteiger partial charge in [-0.1, -0.05) is 24.3 Å². The van der Waals surface area contributed by atoms with Gasteiger partial charge in [0, 0.05) is 36.0 Å². The fourth-order valence-electron chi connectivity index (χ4n) is 3.22. The summed E-state index contributed by atoms with van der Waals surface area (Å²) in [6.07, 6.45) is 5.26. The number of nitrogens with one attached hydrogen (secondary N) is 3. The van der Waals surface area contributed by atoms with E-state index in [-0.39, 0.29) is 12.1 Å². The molecule has 1 amide bonds. The Morgan fingerprint density at radius 2 is 1.86 bits per heavy atom. The number of benzene rings is 1. The monoisotopic (exact) mass is 389 g/mol. The predicted molar refractivity (Wildman–Crippen MR) is 109 cm³/mol. The van der Waals surface area contributed by atoms with Gasteiger partial charge < -0.3 is 15.3 Å². The third kappa shape index (κ3) is 3.86. The van der Waals surface area contributed by atoms with Gasteiger partial charge >= 0.3 is 5.69 Å². The first-order valence-electron chi connectivity index (χ1n) is 9.19. The third-order valence-electron chi connectivity index (χ3n) is 4.71. The van der Waals surface area contributed by atoms with Crippen molar-refractivity contribution in [1.82, 2.24) is 24.8 Å². The van der Waals surface area contributed by atoms with Gasteiger partial charge in [-0.05, 0) is 30.2 Å². The van der Waals surface area contributed by atoms with Gasteiger partial charge in [-0.3, -0.25) is 19.1 Å². The molecule has 3 aromatic heterocycles. The zero-order valence-electron chi connectivity index (χ0n) is 15.5. The molecule has 8 nitrogen and oxygen atoms in total.